The van der Waals surface area contributed by atoms with Crippen LogP contribution in [0.5, 0.6) is 0 Å². The Labute approximate surface area is 172 Å². The highest BCUT2D eigenvalue weighted by Crippen LogP contribution is 2.36. The summed E-state index contributed by atoms with van der Waals surface area (Å²) in [6.45, 7) is 4.25. The highest BCUT2D eigenvalue weighted by Gasteiger charge is 2.32. The van der Waals surface area contributed by atoms with Gasteiger partial charge in [0.15, 0.2) is 0 Å². The normalized spacial score (nSPS) is 23.8. The van der Waals surface area contributed by atoms with E-state index in [2.05, 4.69) is 32.1 Å². The van der Waals surface area contributed by atoms with Gasteiger partial charge in [-0.15, -0.1) is 11.3 Å². The summed E-state index contributed by atoms with van der Waals surface area (Å²) >= 11 is 1.81. The quantitative estimate of drug-likeness (QED) is 0.364. The summed E-state index contributed by atoms with van der Waals surface area (Å²) in [6, 6.07) is 2.21. The maximum atomic E-state index is 10.5. The fraction of sp³-hybridized carbons (Fsp3) is 0.609. The molecule has 1 aromatic heterocycles. The second kappa shape index (κ2) is 11.5. The number of aliphatic hydroxyl groups is 2. The number of unbranched alkanes of at least 4 members (excludes halogenated alkanes) is 1. The molecule has 1 unspecified atom stereocenters. The summed E-state index contributed by atoms with van der Waals surface area (Å²) in [4.78, 5) is 13.2. The average molecular weight is 407 g/mol. The number of aryl methyl sites for hydroxylation is 3. The summed E-state index contributed by atoms with van der Waals surface area (Å²) < 4.78 is 0. The molecule has 5 heteroatoms. The molecular weight excluding hydrogens is 372 g/mol. The van der Waals surface area contributed by atoms with Crippen molar-refractivity contribution < 1.29 is 20.1 Å². The van der Waals surface area contributed by atoms with Crippen molar-refractivity contribution in [1.82, 2.24) is 0 Å². The van der Waals surface area contributed by atoms with Crippen molar-refractivity contribution >= 4 is 17.3 Å². The molecule has 3 N–H and O–H groups in total. The van der Waals surface area contributed by atoms with Gasteiger partial charge in [0.25, 0.3) is 0 Å². The van der Waals surface area contributed by atoms with E-state index in [9.17, 15) is 15.0 Å². The van der Waals surface area contributed by atoms with Crippen molar-refractivity contribution in [2.45, 2.75) is 77.4 Å². The Morgan fingerprint density at radius 2 is 2.11 bits per heavy atom. The van der Waals surface area contributed by atoms with Crippen LogP contribution in [0.4, 0.5) is 0 Å². The van der Waals surface area contributed by atoms with Crippen molar-refractivity contribution in [3.63, 3.8) is 0 Å². The van der Waals surface area contributed by atoms with Crippen molar-refractivity contribution in [2.75, 3.05) is 0 Å². The molecule has 0 radical (unpaired) electrons. The van der Waals surface area contributed by atoms with Crippen molar-refractivity contribution in [3.05, 3.63) is 45.7 Å². The fourth-order valence-corrected chi connectivity index (χ4v) is 4.89. The van der Waals surface area contributed by atoms with Crippen molar-refractivity contribution in [3.8, 4) is 0 Å². The van der Waals surface area contributed by atoms with Crippen LogP contribution in [0.2, 0.25) is 0 Å². The molecule has 0 aromatic carbocycles. The second-order valence-electron chi connectivity index (χ2n) is 7.91. The van der Waals surface area contributed by atoms with Crippen LogP contribution in [0.3, 0.4) is 0 Å². The molecule has 1 heterocycles. The van der Waals surface area contributed by atoms with Crippen LogP contribution in [0.15, 0.2) is 30.4 Å². The molecule has 1 fully saturated rings. The number of hydrogen-bond acceptors (Lipinski definition) is 4. The average Bonchev–Trinajstić information content (AvgIpc) is 3.16. The topological polar surface area (TPSA) is 77.8 Å². The molecule has 0 amide bonds. The minimum atomic E-state index is -0.757. The Bertz CT molecular complexity index is 657. The van der Waals surface area contributed by atoms with Gasteiger partial charge in [0, 0.05) is 16.2 Å². The third-order valence-corrected chi connectivity index (χ3v) is 6.87. The summed E-state index contributed by atoms with van der Waals surface area (Å²) in [5.74, 6) is -0.283. The van der Waals surface area contributed by atoms with Crippen LogP contribution < -0.4 is 0 Å². The molecule has 0 spiro atoms. The lowest BCUT2D eigenvalue weighted by Gasteiger charge is -2.18. The van der Waals surface area contributed by atoms with Crippen LogP contribution in [-0.4, -0.2) is 33.5 Å². The predicted octanol–water partition coefficient (Wildman–Crippen LogP) is 4.80. The molecule has 1 aliphatic carbocycles. The van der Waals surface area contributed by atoms with Crippen LogP contribution in [0, 0.1) is 25.7 Å². The summed E-state index contributed by atoms with van der Waals surface area (Å²) in [7, 11) is 0. The van der Waals surface area contributed by atoms with E-state index in [1.54, 1.807) is 0 Å². The number of hydrogen-bond donors (Lipinski definition) is 3. The van der Waals surface area contributed by atoms with Crippen LogP contribution in [0.25, 0.3) is 0 Å². The number of rotatable bonds is 11. The number of thiophene rings is 1. The Balaban J connectivity index is 1.76. The van der Waals surface area contributed by atoms with Gasteiger partial charge in [-0.05, 0) is 82.3 Å². The van der Waals surface area contributed by atoms with Crippen molar-refractivity contribution in [1.29, 1.82) is 0 Å². The third kappa shape index (κ3) is 7.53. The monoisotopic (exact) mass is 406 g/mol. The smallest absolute Gasteiger partial charge is 0.303 e. The molecule has 0 aliphatic heterocycles. The first kappa shape index (κ1) is 22.9. The highest BCUT2D eigenvalue weighted by atomic mass is 32.1. The van der Waals surface area contributed by atoms with E-state index in [1.165, 1.54) is 15.3 Å². The summed E-state index contributed by atoms with van der Waals surface area (Å²) in [5.41, 5.74) is 1.32. The molecule has 1 saturated carbocycles. The SMILES string of the molecule is Cc1cc(CC[C@H](O)C=C[C@H]2CCC(O)[C@@H]2CC=CCCCC(=O)O)sc1C. The van der Waals surface area contributed by atoms with E-state index >= 15 is 0 Å². The van der Waals surface area contributed by atoms with Gasteiger partial charge in [-0.1, -0.05) is 24.3 Å². The van der Waals surface area contributed by atoms with Gasteiger partial charge in [0.1, 0.15) is 0 Å². The molecule has 4 atom stereocenters. The molecule has 4 nitrogen and oxygen atoms in total. The maximum absolute atomic E-state index is 10.5. The van der Waals surface area contributed by atoms with Gasteiger partial charge in [-0.3, -0.25) is 4.79 Å². The van der Waals surface area contributed by atoms with Crippen LogP contribution in [-0.2, 0) is 11.2 Å². The Kier molecular flexibility index (Phi) is 9.42. The van der Waals surface area contributed by atoms with Gasteiger partial charge in [0.05, 0.1) is 12.2 Å². The first-order valence-electron chi connectivity index (χ1n) is 10.3. The van der Waals surface area contributed by atoms with E-state index in [4.69, 9.17) is 5.11 Å². The van der Waals surface area contributed by atoms with E-state index in [-0.39, 0.29) is 18.4 Å². The number of aliphatic carboxylic acids is 1. The zero-order valence-corrected chi connectivity index (χ0v) is 17.8. The summed E-state index contributed by atoms with van der Waals surface area (Å²) in [5, 5.41) is 29.2. The Morgan fingerprint density at radius 1 is 1.32 bits per heavy atom. The minimum absolute atomic E-state index is 0.182. The first-order valence-corrected chi connectivity index (χ1v) is 11.2. The van der Waals surface area contributed by atoms with E-state index < -0.39 is 12.1 Å². The molecule has 0 saturated heterocycles. The lowest BCUT2D eigenvalue weighted by molar-refractivity contribution is -0.137. The van der Waals surface area contributed by atoms with Crippen LogP contribution >= 0.6 is 11.3 Å². The predicted molar refractivity (Wildman–Crippen MR) is 115 cm³/mol. The van der Waals surface area contributed by atoms with E-state index in [0.29, 0.717) is 12.3 Å². The molecule has 156 valence electrons. The van der Waals surface area contributed by atoms with Crippen molar-refractivity contribution in [2.24, 2.45) is 11.8 Å². The Hall–Kier alpha value is -1.43. The molecule has 28 heavy (non-hydrogen) atoms. The summed E-state index contributed by atoms with van der Waals surface area (Å²) in [6.07, 6.45) is 13.1. The van der Waals surface area contributed by atoms with Gasteiger partial charge in [-0.25, -0.2) is 0 Å². The standard InChI is InChI=1S/C23H34O4S/c1-16-15-20(28-17(16)2)13-12-19(24)11-9-18-10-14-22(25)21(18)7-5-3-4-6-8-23(26)27/h3,5,9,11,15,18-19,21-22,24-25H,4,6-8,10,12-14H2,1-2H3,(H,26,27)/t18-,19+,21+,22?/m0/s1. The zero-order valence-electron chi connectivity index (χ0n) is 17.0. The van der Waals surface area contributed by atoms with E-state index in [0.717, 1.165) is 38.5 Å². The molecule has 1 aromatic rings. The van der Waals surface area contributed by atoms with Gasteiger partial charge < -0.3 is 15.3 Å². The highest BCUT2D eigenvalue weighted by molar-refractivity contribution is 7.12. The Morgan fingerprint density at radius 3 is 2.79 bits per heavy atom. The lowest BCUT2D eigenvalue weighted by Crippen LogP contribution is -2.17. The minimum Gasteiger partial charge on any atom is -0.481 e. The van der Waals surface area contributed by atoms with Gasteiger partial charge in [0.2, 0.25) is 0 Å². The van der Waals surface area contributed by atoms with Gasteiger partial charge >= 0.3 is 5.97 Å². The number of carboxylic acids is 1. The second-order valence-corrected chi connectivity index (χ2v) is 9.25. The zero-order chi connectivity index (χ0) is 20.5. The third-order valence-electron chi connectivity index (χ3n) is 5.66. The maximum Gasteiger partial charge on any atom is 0.303 e. The number of carboxylic acid groups (broad SMARTS) is 1. The molecule has 2 rings (SSSR count). The number of aliphatic hydroxyl groups excluding tert-OH is 2. The van der Waals surface area contributed by atoms with Gasteiger partial charge in [-0.2, -0.15) is 0 Å². The molecule has 0 bridgehead atoms. The molecular formula is C23H34O4S. The van der Waals surface area contributed by atoms with E-state index in [1.807, 2.05) is 23.5 Å². The number of carbonyl (C=O) groups is 1. The largest absolute Gasteiger partial charge is 0.481 e. The first-order chi connectivity index (χ1) is 13.4. The lowest BCUT2D eigenvalue weighted by atomic mass is 9.90. The van der Waals surface area contributed by atoms with Crippen LogP contribution in [0.1, 0.15) is 60.3 Å². The number of allylic oxidation sites excluding steroid dienone is 3. The fourth-order valence-electron chi connectivity index (χ4n) is 3.82. The molecule has 1 aliphatic rings.